The van der Waals surface area contributed by atoms with E-state index in [0.717, 1.165) is 36.5 Å². The number of carbonyl (C=O) groups excluding carboxylic acids is 1. The van der Waals surface area contributed by atoms with E-state index in [-0.39, 0.29) is 11.5 Å². The first-order valence-corrected chi connectivity index (χ1v) is 9.82. The van der Waals surface area contributed by atoms with Gasteiger partial charge < -0.3 is 10.5 Å². The number of ether oxygens (including phenoxy) is 1. The Labute approximate surface area is 169 Å². The zero-order valence-corrected chi connectivity index (χ0v) is 16.8. The van der Waals surface area contributed by atoms with Crippen molar-refractivity contribution in [2.45, 2.75) is 50.9 Å². The van der Waals surface area contributed by atoms with E-state index in [1.165, 1.54) is 12.1 Å². The Bertz CT molecular complexity index is 898. The van der Waals surface area contributed by atoms with Crippen LogP contribution in [0.2, 0.25) is 0 Å². The number of primary amides is 1. The standard InChI is InChI=1S/C23H26F2N2O2/c1-23(24,25)17-11-9-15(10-12-17)18(5-3-4-6-21(26)28)20-14-13-19(16-7-8-16)22(27-20)29-2/h5,9-14,16H,3-4,6-8H2,1-2H3,(H2,26,28)/b18-5+. The fraction of sp³-hybridized carbons (Fsp3) is 0.391. The van der Waals surface area contributed by atoms with E-state index in [1.54, 1.807) is 19.2 Å². The second-order valence-corrected chi connectivity index (χ2v) is 7.51. The number of methoxy groups -OCH3 is 1. The van der Waals surface area contributed by atoms with Gasteiger partial charge in [0.15, 0.2) is 0 Å². The third kappa shape index (κ3) is 5.40. The van der Waals surface area contributed by atoms with Gasteiger partial charge in [0.25, 0.3) is 5.92 Å². The molecule has 1 heterocycles. The lowest BCUT2D eigenvalue weighted by molar-refractivity contribution is -0.118. The molecule has 0 spiro atoms. The third-order valence-corrected chi connectivity index (χ3v) is 5.05. The minimum absolute atomic E-state index is 0.0380. The van der Waals surface area contributed by atoms with Crippen molar-refractivity contribution in [3.05, 3.63) is 64.9 Å². The molecule has 1 fully saturated rings. The summed E-state index contributed by atoms with van der Waals surface area (Å²) in [6.07, 6.45) is 5.78. The molecule has 154 valence electrons. The van der Waals surface area contributed by atoms with Crippen LogP contribution in [0.3, 0.4) is 0 Å². The Morgan fingerprint density at radius 3 is 2.48 bits per heavy atom. The molecule has 0 radical (unpaired) electrons. The van der Waals surface area contributed by atoms with E-state index in [0.29, 0.717) is 36.8 Å². The van der Waals surface area contributed by atoms with Gasteiger partial charge in [-0.25, -0.2) is 13.8 Å². The van der Waals surface area contributed by atoms with Crippen LogP contribution in [0.1, 0.15) is 67.3 Å². The molecular formula is C23H26F2N2O2. The number of unbranched alkanes of at least 4 members (excludes halogenated alkanes) is 1. The molecule has 1 amide bonds. The zero-order valence-electron chi connectivity index (χ0n) is 16.8. The minimum Gasteiger partial charge on any atom is -0.481 e. The number of hydrogen-bond acceptors (Lipinski definition) is 3. The van der Waals surface area contributed by atoms with Gasteiger partial charge in [0.1, 0.15) is 0 Å². The average molecular weight is 400 g/mol. The first kappa shape index (κ1) is 21.0. The lowest BCUT2D eigenvalue weighted by Gasteiger charge is -2.14. The molecule has 1 aromatic carbocycles. The van der Waals surface area contributed by atoms with Crippen LogP contribution in [0.25, 0.3) is 5.57 Å². The van der Waals surface area contributed by atoms with Crippen LogP contribution in [0.4, 0.5) is 8.78 Å². The van der Waals surface area contributed by atoms with Crippen molar-refractivity contribution in [3.63, 3.8) is 0 Å². The average Bonchev–Trinajstić information content (AvgIpc) is 3.52. The first-order chi connectivity index (χ1) is 13.8. The number of amides is 1. The van der Waals surface area contributed by atoms with Crippen LogP contribution in [-0.4, -0.2) is 18.0 Å². The predicted octanol–water partition coefficient (Wildman–Crippen LogP) is 5.17. The van der Waals surface area contributed by atoms with E-state index >= 15 is 0 Å². The minimum atomic E-state index is -2.89. The Morgan fingerprint density at radius 1 is 1.24 bits per heavy atom. The molecule has 3 rings (SSSR count). The summed E-state index contributed by atoms with van der Waals surface area (Å²) < 4.78 is 32.6. The predicted molar refractivity (Wildman–Crippen MR) is 109 cm³/mol. The summed E-state index contributed by atoms with van der Waals surface area (Å²) in [5, 5.41) is 0. The summed E-state index contributed by atoms with van der Waals surface area (Å²) in [4.78, 5) is 15.7. The second-order valence-electron chi connectivity index (χ2n) is 7.51. The Hall–Kier alpha value is -2.76. The molecular weight excluding hydrogens is 374 g/mol. The molecule has 2 aromatic rings. The van der Waals surface area contributed by atoms with Crippen LogP contribution in [0.15, 0.2) is 42.5 Å². The van der Waals surface area contributed by atoms with Crippen LogP contribution in [-0.2, 0) is 10.7 Å². The number of nitrogens with zero attached hydrogens (tertiary/aromatic N) is 1. The van der Waals surface area contributed by atoms with E-state index < -0.39 is 5.92 Å². The number of aromatic nitrogens is 1. The molecule has 29 heavy (non-hydrogen) atoms. The maximum absolute atomic E-state index is 13.6. The highest BCUT2D eigenvalue weighted by atomic mass is 19.3. The maximum Gasteiger partial charge on any atom is 0.270 e. The summed E-state index contributed by atoms with van der Waals surface area (Å²) in [7, 11) is 1.60. The number of halogens is 2. The van der Waals surface area contributed by atoms with Crippen molar-refractivity contribution < 1.29 is 18.3 Å². The summed E-state index contributed by atoms with van der Waals surface area (Å²) in [5.74, 6) is -2.13. The molecule has 1 aromatic heterocycles. The normalized spacial score (nSPS) is 14.7. The molecule has 1 aliphatic carbocycles. The van der Waals surface area contributed by atoms with Gasteiger partial charge in [-0.1, -0.05) is 36.4 Å². The highest BCUT2D eigenvalue weighted by molar-refractivity contribution is 5.78. The number of pyridine rings is 1. The number of hydrogen-bond donors (Lipinski definition) is 1. The van der Waals surface area contributed by atoms with Crippen LogP contribution in [0, 0.1) is 0 Å². The quantitative estimate of drug-likeness (QED) is 0.591. The second kappa shape index (κ2) is 8.72. The maximum atomic E-state index is 13.6. The van der Waals surface area contributed by atoms with Gasteiger partial charge in [-0.15, -0.1) is 0 Å². The monoisotopic (exact) mass is 400 g/mol. The first-order valence-electron chi connectivity index (χ1n) is 9.82. The fourth-order valence-electron chi connectivity index (χ4n) is 3.31. The van der Waals surface area contributed by atoms with E-state index in [2.05, 4.69) is 4.98 Å². The van der Waals surface area contributed by atoms with E-state index in [1.807, 2.05) is 18.2 Å². The molecule has 2 N–H and O–H groups in total. The molecule has 1 aliphatic rings. The summed E-state index contributed by atoms with van der Waals surface area (Å²) in [6, 6.07) is 10.2. The van der Waals surface area contributed by atoms with Crippen molar-refractivity contribution in [2.75, 3.05) is 7.11 Å². The molecule has 6 heteroatoms. The van der Waals surface area contributed by atoms with Crippen LogP contribution in [0.5, 0.6) is 5.88 Å². The van der Waals surface area contributed by atoms with Crippen LogP contribution < -0.4 is 10.5 Å². The molecule has 0 saturated heterocycles. The van der Waals surface area contributed by atoms with Gasteiger partial charge in [0, 0.05) is 30.0 Å². The Morgan fingerprint density at radius 2 is 1.93 bits per heavy atom. The highest BCUT2D eigenvalue weighted by Gasteiger charge is 2.28. The van der Waals surface area contributed by atoms with E-state index in [9.17, 15) is 13.6 Å². The number of carbonyl (C=O) groups is 1. The highest BCUT2D eigenvalue weighted by Crippen LogP contribution is 2.44. The van der Waals surface area contributed by atoms with Crippen molar-refractivity contribution in [3.8, 4) is 5.88 Å². The van der Waals surface area contributed by atoms with Gasteiger partial charge in [0.05, 0.1) is 12.8 Å². The molecule has 0 atom stereocenters. The number of benzene rings is 1. The Balaban J connectivity index is 1.94. The topological polar surface area (TPSA) is 65.2 Å². The van der Waals surface area contributed by atoms with Gasteiger partial charge in [-0.3, -0.25) is 4.79 Å². The number of nitrogens with two attached hydrogens (primary N) is 1. The van der Waals surface area contributed by atoms with Gasteiger partial charge >= 0.3 is 0 Å². The third-order valence-electron chi connectivity index (χ3n) is 5.05. The van der Waals surface area contributed by atoms with Gasteiger partial charge in [-0.05, 0) is 43.2 Å². The SMILES string of the molecule is COc1nc(/C(=C/CCCC(N)=O)c2ccc(C(C)(F)F)cc2)ccc1C1CC1. The number of rotatable bonds is 9. The van der Waals surface area contributed by atoms with Crippen molar-refractivity contribution in [1.29, 1.82) is 0 Å². The summed E-state index contributed by atoms with van der Waals surface area (Å²) >= 11 is 0. The molecule has 1 saturated carbocycles. The molecule has 4 nitrogen and oxygen atoms in total. The Kier molecular flexibility index (Phi) is 6.30. The number of alkyl halides is 2. The van der Waals surface area contributed by atoms with E-state index in [4.69, 9.17) is 10.5 Å². The molecule has 0 bridgehead atoms. The largest absolute Gasteiger partial charge is 0.481 e. The van der Waals surface area contributed by atoms with Crippen molar-refractivity contribution in [2.24, 2.45) is 5.73 Å². The van der Waals surface area contributed by atoms with Gasteiger partial charge in [-0.2, -0.15) is 0 Å². The summed E-state index contributed by atoms with van der Waals surface area (Å²) in [5.41, 5.74) is 8.60. The smallest absolute Gasteiger partial charge is 0.270 e. The van der Waals surface area contributed by atoms with Crippen molar-refractivity contribution in [1.82, 2.24) is 4.98 Å². The van der Waals surface area contributed by atoms with Crippen LogP contribution >= 0.6 is 0 Å². The summed E-state index contributed by atoms with van der Waals surface area (Å²) in [6.45, 7) is 0.881. The number of allylic oxidation sites excluding steroid dienone is 1. The lowest BCUT2D eigenvalue weighted by Crippen LogP contribution is -2.09. The molecule has 0 aliphatic heterocycles. The van der Waals surface area contributed by atoms with Gasteiger partial charge in [0.2, 0.25) is 11.8 Å². The lowest BCUT2D eigenvalue weighted by atomic mass is 9.97. The molecule has 0 unspecified atom stereocenters. The van der Waals surface area contributed by atoms with Crippen molar-refractivity contribution >= 4 is 11.5 Å². The fourth-order valence-corrected chi connectivity index (χ4v) is 3.31. The zero-order chi connectivity index (χ0) is 21.0.